The number of hydrogen-bond donors (Lipinski definition) is 1. The predicted octanol–water partition coefficient (Wildman–Crippen LogP) is 6.96. The van der Waals surface area contributed by atoms with Crippen LogP contribution < -0.4 is 5.32 Å². The van der Waals surface area contributed by atoms with Crippen LogP contribution >= 0.6 is 0 Å². The summed E-state index contributed by atoms with van der Waals surface area (Å²) in [4.78, 5) is 67.7. The fraction of sp³-hybridized carbons (Fsp3) is 0.395. The van der Waals surface area contributed by atoms with Crippen molar-refractivity contribution in [3.63, 3.8) is 0 Å². The second-order valence-corrected chi connectivity index (χ2v) is 12.1. The molecule has 0 aliphatic heterocycles. The van der Waals surface area contributed by atoms with Crippen LogP contribution in [-0.4, -0.2) is 68.5 Å². The van der Waals surface area contributed by atoms with Gasteiger partial charge in [0.1, 0.15) is 6.61 Å². The van der Waals surface area contributed by atoms with Crippen LogP contribution in [0.15, 0.2) is 66.7 Å². The van der Waals surface area contributed by atoms with Gasteiger partial charge >= 0.3 is 24.1 Å². The average Bonchev–Trinajstić information content (AvgIpc) is 3.08. The Hall–Kier alpha value is -5.20. The van der Waals surface area contributed by atoms with E-state index in [0.717, 1.165) is 12.1 Å². The van der Waals surface area contributed by atoms with Crippen molar-refractivity contribution < 1.29 is 51.4 Å². The molecule has 0 aliphatic carbocycles. The highest BCUT2D eigenvalue weighted by molar-refractivity contribution is 6.12. The summed E-state index contributed by atoms with van der Waals surface area (Å²) in [5.74, 6) is -4.19. The number of halogens is 3. The molecule has 0 aromatic heterocycles. The van der Waals surface area contributed by atoms with Gasteiger partial charge in [0.05, 0.1) is 36.4 Å². The Morgan fingerprint density at radius 1 is 0.804 bits per heavy atom. The molecule has 13 heteroatoms. The molecule has 51 heavy (non-hydrogen) atoms. The van der Waals surface area contributed by atoms with Crippen LogP contribution in [0.3, 0.4) is 0 Å². The van der Waals surface area contributed by atoms with Crippen LogP contribution in [-0.2, 0) is 41.2 Å². The highest BCUT2D eigenvalue weighted by atomic mass is 19.4. The van der Waals surface area contributed by atoms with E-state index in [-0.39, 0.29) is 36.4 Å². The highest BCUT2D eigenvalue weighted by Gasteiger charge is 2.54. The minimum Gasteiger partial charge on any atom is -0.465 e. The minimum absolute atomic E-state index is 0.00100. The average molecular weight is 713 g/mol. The van der Waals surface area contributed by atoms with Gasteiger partial charge in [-0.25, -0.2) is 0 Å². The first kappa shape index (κ1) is 40.2. The zero-order chi connectivity index (χ0) is 37.9. The van der Waals surface area contributed by atoms with Crippen LogP contribution in [0.5, 0.6) is 0 Å². The van der Waals surface area contributed by atoms with Crippen molar-refractivity contribution in [2.24, 2.45) is 11.3 Å². The number of esters is 3. The highest BCUT2D eigenvalue weighted by Crippen LogP contribution is 2.36. The maximum atomic E-state index is 13.6. The lowest BCUT2D eigenvalue weighted by Gasteiger charge is -2.33. The van der Waals surface area contributed by atoms with Gasteiger partial charge in [-0.15, -0.1) is 0 Å². The number of ether oxygens (including phenoxy) is 3. The molecule has 10 nitrogen and oxygen atoms in total. The van der Waals surface area contributed by atoms with Crippen molar-refractivity contribution in [2.45, 2.75) is 53.1 Å². The van der Waals surface area contributed by atoms with Crippen molar-refractivity contribution in [1.82, 2.24) is 4.90 Å². The summed E-state index contributed by atoms with van der Waals surface area (Å²) in [5.41, 5.74) is -1.29. The molecule has 2 amide bonds. The third-order valence-corrected chi connectivity index (χ3v) is 8.32. The van der Waals surface area contributed by atoms with Gasteiger partial charge in [-0.2, -0.15) is 13.2 Å². The second kappa shape index (κ2) is 17.6. The molecule has 3 rings (SSSR count). The van der Waals surface area contributed by atoms with Crippen LogP contribution in [0.4, 0.5) is 18.9 Å². The molecule has 274 valence electrons. The van der Waals surface area contributed by atoms with Gasteiger partial charge in [0.15, 0.2) is 0 Å². The summed E-state index contributed by atoms with van der Waals surface area (Å²) in [6, 6.07) is 15.1. The molecule has 1 unspecified atom stereocenters. The number of carbonyl (C=O) groups is 5. The quantitative estimate of drug-likeness (QED) is 0.102. The molecule has 0 saturated heterocycles. The van der Waals surface area contributed by atoms with Crippen LogP contribution in [0.25, 0.3) is 11.1 Å². The number of amides is 2. The van der Waals surface area contributed by atoms with E-state index in [1.807, 2.05) is 6.92 Å². The number of nitrogens with zero attached hydrogens (tertiary/aromatic N) is 1. The van der Waals surface area contributed by atoms with Gasteiger partial charge in [0.25, 0.3) is 11.8 Å². The summed E-state index contributed by atoms with van der Waals surface area (Å²) in [6.45, 7) is 6.17. The molecule has 0 heterocycles. The third kappa shape index (κ3) is 9.74. The lowest BCUT2D eigenvalue weighted by molar-refractivity contribution is -0.183. The first-order valence-corrected chi connectivity index (χ1v) is 16.5. The van der Waals surface area contributed by atoms with E-state index in [4.69, 9.17) is 14.2 Å². The monoisotopic (exact) mass is 712 g/mol. The zero-order valence-electron chi connectivity index (χ0n) is 29.5. The van der Waals surface area contributed by atoms with Gasteiger partial charge in [0.2, 0.25) is 5.41 Å². The normalized spacial score (nSPS) is 12.0. The van der Waals surface area contributed by atoms with Gasteiger partial charge in [-0.1, -0.05) is 56.7 Å². The van der Waals surface area contributed by atoms with Crippen LogP contribution in [0.1, 0.15) is 72.4 Å². The zero-order valence-corrected chi connectivity index (χ0v) is 29.5. The van der Waals surface area contributed by atoms with Crippen molar-refractivity contribution >= 4 is 35.4 Å². The van der Waals surface area contributed by atoms with Crippen molar-refractivity contribution in [3.05, 3.63) is 89.0 Å². The lowest BCUT2D eigenvalue weighted by atomic mass is 9.74. The Labute approximate surface area is 295 Å². The van der Waals surface area contributed by atoms with E-state index in [2.05, 4.69) is 5.32 Å². The molecular formula is C38H43F3N2O8. The number of nitrogens with one attached hydrogen (secondary N) is 1. The molecule has 0 spiro atoms. The lowest BCUT2D eigenvalue weighted by Crippen LogP contribution is -2.51. The molecule has 0 fully saturated rings. The Morgan fingerprint density at radius 2 is 1.41 bits per heavy atom. The Morgan fingerprint density at radius 3 is 1.96 bits per heavy atom. The van der Waals surface area contributed by atoms with Crippen LogP contribution in [0.2, 0.25) is 0 Å². The van der Waals surface area contributed by atoms with E-state index >= 15 is 0 Å². The number of hydrogen-bond acceptors (Lipinski definition) is 8. The van der Waals surface area contributed by atoms with Crippen molar-refractivity contribution in [2.75, 3.05) is 39.2 Å². The number of carbonyl (C=O) groups excluding carboxylic acids is 5. The number of anilines is 1. The molecular weight excluding hydrogens is 669 g/mol. The molecule has 0 saturated carbocycles. The van der Waals surface area contributed by atoms with Gasteiger partial charge in [0, 0.05) is 19.7 Å². The summed E-state index contributed by atoms with van der Waals surface area (Å²) in [6.07, 6.45) is -3.77. The van der Waals surface area contributed by atoms with Gasteiger partial charge in [-0.3, -0.25) is 24.0 Å². The maximum absolute atomic E-state index is 13.6. The Bertz CT molecular complexity index is 1700. The number of alkyl halides is 3. The maximum Gasteiger partial charge on any atom is 0.416 e. The van der Waals surface area contributed by atoms with E-state index in [1.165, 1.54) is 55.4 Å². The Kier molecular flexibility index (Phi) is 13.9. The molecule has 3 aromatic rings. The summed E-state index contributed by atoms with van der Waals surface area (Å²) in [7, 11) is 3.02. The van der Waals surface area contributed by atoms with Crippen molar-refractivity contribution in [3.8, 4) is 11.1 Å². The fourth-order valence-electron chi connectivity index (χ4n) is 5.55. The summed E-state index contributed by atoms with van der Waals surface area (Å²) >= 11 is 0. The summed E-state index contributed by atoms with van der Waals surface area (Å²) in [5, 5.41) is 2.72. The van der Waals surface area contributed by atoms with Gasteiger partial charge < -0.3 is 24.4 Å². The smallest absolute Gasteiger partial charge is 0.416 e. The molecule has 1 N–H and O–H groups in total. The van der Waals surface area contributed by atoms with Crippen LogP contribution in [0, 0.1) is 11.3 Å². The Balaban J connectivity index is 1.89. The molecule has 0 radical (unpaired) electrons. The number of benzene rings is 3. The second-order valence-electron chi connectivity index (χ2n) is 12.1. The van der Waals surface area contributed by atoms with Crippen molar-refractivity contribution in [1.29, 1.82) is 0 Å². The van der Waals surface area contributed by atoms with Gasteiger partial charge in [-0.05, 0) is 73.2 Å². The van der Waals surface area contributed by atoms with E-state index < -0.39 is 59.4 Å². The van der Waals surface area contributed by atoms with E-state index in [1.54, 1.807) is 39.0 Å². The molecule has 0 bridgehead atoms. The minimum atomic E-state index is -4.52. The SMILES string of the molecule is CCCC(C)C(COC(=O)Cc1ccc(NC(=O)c2ccccc2-c2ccc(C(F)(F)F)cc2)c(C(=O)N(C)C)c1)(C(=O)OCC)C(=O)OCC. The topological polar surface area (TPSA) is 128 Å². The molecule has 0 aliphatic rings. The molecule has 3 aromatic carbocycles. The molecule has 1 atom stereocenters. The third-order valence-electron chi connectivity index (χ3n) is 8.32. The fourth-order valence-corrected chi connectivity index (χ4v) is 5.55. The largest absolute Gasteiger partial charge is 0.465 e. The first-order chi connectivity index (χ1) is 24.1. The summed E-state index contributed by atoms with van der Waals surface area (Å²) < 4.78 is 55.4. The van der Waals surface area contributed by atoms with E-state index in [0.29, 0.717) is 29.5 Å². The first-order valence-electron chi connectivity index (χ1n) is 16.5. The predicted molar refractivity (Wildman–Crippen MR) is 184 cm³/mol. The van der Waals surface area contributed by atoms with E-state index in [9.17, 15) is 37.1 Å². The number of rotatable bonds is 15. The standard InChI is InChI=1S/C38H43F3N2O8/c1-7-12-24(4)37(35(47)49-8-2,36(48)50-9-3)23-51-32(44)22-25-15-20-31(30(21-25)34(46)43(5)6)42-33(45)29-14-11-10-13-28(29)26-16-18-27(19-17-26)38(39,40)41/h10-11,13-21,24H,7-9,12,22-23H2,1-6H3,(H,42,45).